The number of halogens is 4. The number of hydrogen-bond donors (Lipinski definition) is 2. The summed E-state index contributed by atoms with van der Waals surface area (Å²) >= 11 is 0. The number of nitrogens with one attached hydrogen (secondary N) is 1. The van der Waals surface area contributed by atoms with Crippen LogP contribution in [0.25, 0.3) is 0 Å². The summed E-state index contributed by atoms with van der Waals surface area (Å²) in [6.07, 6.45) is -4.05. The van der Waals surface area contributed by atoms with Crippen molar-refractivity contribution in [3.8, 4) is 11.5 Å². The smallest absolute Gasteiger partial charge is 0.416 e. The molecule has 4 rings (SSSR count). The van der Waals surface area contributed by atoms with Crippen molar-refractivity contribution < 1.29 is 31.9 Å². The van der Waals surface area contributed by atoms with E-state index in [0.29, 0.717) is 42.8 Å². The van der Waals surface area contributed by atoms with Gasteiger partial charge in [0.25, 0.3) is 0 Å². The minimum atomic E-state index is -4.72. The molecule has 1 aliphatic rings. The van der Waals surface area contributed by atoms with Crippen LogP contribution in [0, 0.1) is 5.82 Å². The molecular weight excluding hydrogens is 516 g/mol. The molecule has 1 fully saturated rings. The molecule has 206 valence electrons. The number of nitrogens with two attached hydrogens (primary N) is 1. The van der Waals surface area contributed by atoms with Crippen LogP contribution in [0.2, 0.25) is 0 Å². The maximum atomic E-state index is 13.8. The van der Waals surface area contributed by atoms with Crippen LogP contribution in [0.3, 0.4) is 0 Å². The summed E-state index contributed by atoms with van der Waals surface area (Å²) in [4.78, 5) is 29.2. The molecule has 3 aromatic rings. The van der Waals surface area contributed by atoms with Crippen molar-refractivity contribution in [2.45, 2.75) is 25.2 Å². The second kappa shape index (κ2) is 12.2. The van der Waals surface area contributed by atoms with E-state index >= 15 is 0 Å². The Morgan fingerprint density at radius 2 is 1.74 bits per heavy atom. The van der Waals surface area contributed by atoms with Crippen LogP contribution in [0.15, 0.2) is 72.8 Å². The standard InChI is InChI=1S/C28H28F4N4O3/c29-21-13-19(12-20(14-21)28(30,31)32)15-34-26(37)17-36(18-27(38)35-11-10-22(33)16-35)24-8-4-5-9-25(24)39-23-6-2-1-3-7-23/h1-9,12-14,22H,10-11,15-18,33H2,(H,34,37). The fraction of sp³-hybridized carbons (Fsp3) is 0.286. The van der Waals surface area contributed by atoms with E-state index in [2.05, 4.69) is 5.32 Å². The van der Waals surface area contributed by atoms with E-state index in [0.717, 1.165) is 12.1 Å². The molecule has 1 atom stereocenters. The van der Waals surface area contributed by atoms with Crippen LogP contribution in [0.4, 0.5) is 23.2 Å². The van der Waals surface area contributed by atoms with Gasteiger partial charge in [-0.15, -0.1) is 0 Å². The Hall–Kier alpha value is -4.12. The first-order valence-corrected chi connectivity index (χ1v) is 12.3. The topological polar surface area (TPSA) is 87.9 Å². The van der Waals surface area contributed by atoms with Gasteiger partial charge in [0.1, 0.15) is 11.6 Å². The quantitative estimate of drug-likeness (QED) is 0.392. The van der Waals surface area contributed by atoms with Gasteiger partial charge in [-0.1, -0.05) is 30.3 Å². The molecule has 11 heteroatoms. The minimum absolute atomic E-state index is 0.0443. The van der Waals surface area contributed by atoms with Crippen LogP contribution in [0.1, 0.15) is 17.5 Å². The maximum Gasteiger partial charge on any atom is 0.416 e. The van der Waals surface area contributed by atoms with Gasteiger partial charge in [-0.05, 0) is 54.4 Å². The number of nitrogens with zero attached hydrogens (tertiary/aromatic N) is 2. The van der Waals surface area contributed by atoms with Crippen molar-refractivity contribution in [1.29, 1.82) is 0 Å². The third-order valence-electron chi connectivity index (χ3n) is 6.19. The summed E-state index contributed by atoms with van der Waals surface area (Å²) < 4.78 is 59.0. The van der Waals surface area contributed by atoms with Gasteiger partial charge in [0.2, 0.25) is 11.8 Å². The molecule has 1 aliphatic heterocycles. The number of carbonyl (C=O) groups is 2. The Morgan fingerprint density at radius 1 is 1.03 bits per heavy atom. The molecule has 0 saturated carbocycles. The van der Waals surface area contributed by atoms with E-state index in [9.17, 15) is 27.2 Å². The Morgan fingerprint density at radius 3 is 2.44 bits per heavy atom. The predicted molar refractivity (Wildman–Crippen MR) is 138 cm³/mol. The molecule has 1 unspecified atom stereocenters. The van der Waals surface area contributed by atoms with Gasteiger partial charge in [-0.25, -0.2) is 4.39 Å². The lowest BCUT2D eigenvalue weighted by atomic mass is 10.1. The Kier molecular flexibility index (Phi) is 8.70. The number of ether oxygens (including phenoxy) is 1. The number of para-hydroxylation sites is 3. The first-order chi connectivity index (χ1) is 18.6. The lowest BCUT2D eigenvalue weighted by molar-refractivity contribution is -0.137. The number of carbonyl (C=O) groups excluding carboxylic acids is 2. The van der Waals surface area contributed by atoms with E-state index in [4.69, 9.17) is 10.5 Å². The molecule has 39 heavy (non-hydrogen) atoms. The monoisotopic (exact) mass is 544 g/mol. The van der Waals surface area contributed by atoms with E-state index in [1.807, 2.05) is 6.07 Å². The van der Waals surface area contributed by atoms with Crippen molar-refractivity contribution >= 4 is 17.5 Å². The molecule has 7 nitrogen and oxygen atoms in total. The first-order valence-electron chi connectivity index (χ1n) is 12.3. The number of alkyl halides is 3. The Bertz CT molecular complexity index is 1300. The summed E-state index contributed by atoms with van der Waals surface area (Å²) in [6.45, 7) is 0.117. The van der Waals surface area contributed by atoms with Crippen LogP contribution >= 0.6 is 0 Å². The van der Waals surface area contributed by atoms with E-state index in [1.165, 1.54) is 4.90 Å². The first kappa shape index (κ1) is 27.9. The number of benzene rings is 3. The van der Waals surface area contributed by atoms with Gasteiger partial charge in [-0.2, -0.15) is 13.2 Å². The van der Waals surface area contributed by atoms with Crippen molar-refractivity contribution in [1.82, 2.24) is 10.2 Å². The van der Waals surface area contributed by atoms with Crippen molar-refractivity contribution in [2.24, 2.45) is 5.73 Å². The SMILES string of the molecule is NC1CCN(C(=O)CN(CC(=O)NCc2cc(F)cc(C(F)(F)F)c2)c2ccccc2Oc2ccccc2)C1. The molecule has 1 saturated heterocycles. The van der Waals surface area contributed by atoms with Crippen molar-refractivity contribution in [3.05, 3.63) is 89.7 Å². The van der Waals surface area contributed by atoms with Gasteiger partial charge in [0.05, 0.1) is 24.3 Å². The summed E-state index contributed by atoms with van der Waals surface area (Å²) in [5.41, 5.74) is 5.23. The number of anilines is 1. The van der Waals surface area contributed by atoms with Gasteiger partial charge in [0, 0.05) is 25.7 Å². The van der Waals surface area contributed by atoms with Gasteiger partial charge in [-0.3, -0.25) is 9.59 Å². The molecule has 0 bridgehead atoms. The summed E-state index contributed by atoms with van der Waals surface area (Å²) in [6, 6.07) is 17.9. The number of amides is 2. The molecule has 0 radical (unpaired) electrons. The second-order valence-electron chi connectivity index (χ2n) is 9.25. The third kappa shape index (κ3) is 7.70. The fourth-order valence-electron chi connectivity index (χ4n) is 4.27. The zero-order valence-corrected chi connectivity index (χ0v) is 21.0. The second-order valence-corrected chi connectivity index (χ2v) is 9.25. The molecule has 0 aliphatic carbocycles. The average Bonchev–Trinajstić information content (AvgIpc) is 3.34. The molecule has 0 spiro atoms. The highest BCUT2D eigenvalue weighted by Crippen LogP contribution is 2.33. The van der Waals surface area contributed by atoms with Gasteiger partial charge in [0.15, 0.2) is 5.75 Å². The van der Waals surface area contributed by atoms with Crippen LogP contribution in [-0.4, -0.2) is 48.9 Å². The summed E-state index contributed by atoms with van der Waals surface area (Å²) in [7, 11) is 0. The molecule has 0 aromatic heterocycles. The predicted octanol–water partition coefficient (Wildman–Crippen LogP) is 4.32. The lowest BCUT2D eigenvalue weighted by Crippen LogP contribution is -2.44. The van der Waals surface area contributed by atoms with Crippen molar-refractivity contribution in [3.63, 3.8) is 0 Å². The molecular formula is C28H28F4N4O3. The number of likely N-dealkylation sites (tertiary alicyclic amines) is 1. The Balaban J connectivity index is 1.53. The summed E-state index contributed by atoms with van der Waals surface area (Å²) in [5.74, 6) is -0.907. The Labute approximate surface area is 223 Å². The molecule has 2 amide bonds. The average molecular weight is 545 g/mol. The minimum Gasteiger partial charge on any atom is -0.455 e. The number of hydrogen-bond acceptors (Lipinski definition) is 5. The highest BCUT2D eigenvalue weighted by molar-refractivity contribution is 5.87. The maximum absolute atomic E-state index is 13.8. The molecule has 1 heterocycles. The molecule has 3 N–H and O–H groups in total. The highest BCUT2D eigenvalue weighted by atomic mass is 19.4. The van der Waals surface area contributed by atoms with E-state index in [1.54, 1.807) is 53.4 Å². The molecule has 3 aromatic carbocycles. The largest absolute Gasteiger partial charge is 0.455 e. The van der Waals surface area contributed by atoms with Crippen molar-refractivity contribution in [2.75, 3.05) is 31.1 Å². The van der Waals surface area contributed by atoms with Crippen LogP contribution < -0.4 is 20.7 Å². The zero-order valence-electron chi connectivity index (χ0n) is 21.0. The van der Waals surface area contributed by atoms with E-state index < -0.39 is 23.5 Å². The normalized spacial score (nSPS) is 15.2. The lowest BCUT2D eigenvalue weighted by Gasteiger charge is -2.28. The van der Waals surface area contributed by atoms with Gasteiger partial charge < -0.3 is 25.6 Å². The fourth-order valence-corrected chi connectivity index (χ4v) is 4.27. The van der Waals surface area contributed by atoms with Gasteiger partial charge >= 0.3 is 6.18 Å². The van der Waals surface area contributed by atoms with Crippen LogP contribution in [-0.2, 0) is 22.3 Å². The number of rotatable bonds is 9. The van der Waals surface area contributed by atoms with Crippen LogP contribution in [0.5, 0.6) is 11.5 Å². The van der Waals surface area contributed by atoms with E-state index in [-0.39, 0.29) is 37.1 Å². The highest BCUT2D eigenvalue weighted by Gasteiger charge is 2.31. The summed E-state index contributed by atoms with van der Waals surface area (Å²) in [5, 5.41) is 2.52. The zero-order chi connectivity index (χ0) is 28.0. The third-order valence-corrected chi connectivity index (χ3v) is 6.19.